The maximum absolute atomic E-state index is 10.9. The van der Waals surface area contributed by atoms with Crippen molar-refractivity contribution in [3.8, 4) is 10.7 Å². The Balaban J connectivity index is 1.23. The molecule has 1 N–H and O–H groups in total. The van der Waals surface area contributed by atoms with Crippen molar-refractivity contribution in [3.63, 3.8) is 0 Å². The van der Waals surface area contributed by atoms with Crippen molar-refractivity contribution in [1.82, 2.24) is 25.2 Å². The quantitative estimate of drug-likeness (QED) is 0.486. The van der Waals surface area contributed by atoms with Gasteiger partial charge in [0.15, 0.2) is 11.7 Å². The fourth-order valence-corrected chi connectivity index (χ4v) is 6.33. The Bertz CT molecular complexity index is 1460. The summed E-state index contributed by atoms with van der Waals surface area (Å²) in [5.74, 6) is 0.426. The number of anilines is 1. The lowest BCUT2D eigenvalue weighted by atomic mass is 9.79. The number of benzene rings is 1. The van der Waals surface area contributed by atoms with Gasteiger partial charge in [-0.15, -0.1) is 10.2 Å². The first-order valence-corrected chi connectivity index (χ1v) is 13.4. The van der Waals surface area contributed by atoms with E-state index in [1.165, 1.54) is 28.1 Å². The predicted molar refractivity (Wildman–Crippen MR) is 141 cm³/mol. The summed E-state index contributed by atoms with van der Waals surface area (Å²) in [6.07, 6.45) is 9.81. The van der Waals surface area contributed by atoms with E-state index in [1.54, 1.807) is 6.20 Å². The van der Waals surface area contributed by atoms with E-state index >= 15 is 0 Å². The standard InChI is InChI=1S/C26H25ClN6O3S/c1-16-5-4-8-20-23(16)18(17-6-2-3-7-19(17)27)13-26(36-20)9-11-32(12-10-26)25-28-14-21(37-25)24-29-31-33(30-24)15-22(34)35/h2-3,5-7,13-14H,4,8-12,15H2,1H3,(H,34,35). The molecule has 0 bridgehead atoms. The molecule has 0 atom stereocenters. The second kappa shape index (κ2) is 9.42. The molecule has 37 heavy (non-hydrogen) atoms. The summed E-state index contributed by atoms with van der Waals surface area (Å²) in [6.45, 7) is 3.40. The van der Waals surface area contributed by atoms with Crippen molar-refractivity contribution in [2.24, 2.45) is 0 Å². The number of nitrogens with zero attached hydrogens (tertiary/aromatic N) is 6. The highest BCUT2D eigenvalue weighted by Crippen LogP contribution is 2.48. The van der Waals surface area contributed by atoms with E-state index in [9.17, 15) is 4.79 Å². The summed E-state index contributed by atoms with van der Waals surface area (Å²) >= 11 is 8.14. The Morgan fingerprint density at radius 3 is 2.86 bits per heavy atom. The summed E-state index contributed by atoms with van der Waals surface area (Å²) in [5.41, 5.74) is 4.25. The first-order valence-electron chi connectivity index (χ1n) is 12.2. The second-order valence-corrected chi connectivity index (χ2v) is 10.9. The molecule has 0 amide bonds. The second-order valence-electron chi connectivity index (χ2n) is 9.46. The highest BCUT2D eigenvalue weighted by atomic mass is 35.5. The van der Waals surface area contributed by atoms with Crippen molar-refractivity contribution >= 4 is 39.6 Å². The zero-order valence-electron chi connectivity index (χ0n) is 20.2. The van der Waals surface area contributed by atoms with E-state index in [2.05, 4.69) is 50.4 Å². The van der Waals surface area contributed by atoms with Gasteiger partial charge in [-0.05, 0) is 41.8 Å². The molecule has 6 rings (SSSR count). The van der Waals surface area contributed by atoms with Crippen LogP contribution in [-0.2, 0) is 16.1 Å². The average Bonchev–Trinajstić information content (AvgIpc) is 3.54. The molecule has 3 aromatic rings. The smallest absolute Gasteiger partial charge is 0.327 e. The number of carboxylic acids is 1. The molecule has 1 spiro atoms. The number of rotatable bonds is 5. The first kappa shape index (κ1) is 23.9. The van der Waals surface area contributed by atoms with Gasteiger partial charge in [0.2, 0.25) is 5.82 Å². The summed E-state index contributed by atoms with van der Waals surface area (Å²) in [6, 6.07) is 8.03. The third kappa shape index (κ3) is 4.55. The third-order valence-electron chi connectivity index (χ3n) is 6.99. The van der Waals surface area contributed by atoms with Gasteiger partial charge in [0.05, 0.1) is 11.1 Å². The molecule has 190 valence electrons. The number of allylic oxidation sites excluding steroid dienone is 5. The fourth-order valence-electron chi connectivity index (χ4n) is 5.20. The van der Waals surface area contributed by atoms with Gasteiger partial charge in [0.1, 0.15) is 11.4 Å². The summed E-state index contributed by atoms with van der Waals surface area (Å²) in [7, 11) is 0. The largest absolute Gasteiger partial charge is 0.487 e. The van der Waals surface area contributed by atoms with Crippen LogP contribution in [0.3, 0.4) is 0 Å². The van der Waals surface area contributed by atoms with E-state index in [0.29, 0.717) is 5.82 Å². The zero-order chi connectivity index (χ0) is 25.6. The number of aliphatic carboxylic acids is 1. The highest BCUT2D eigenvalue weighted by molar-refractivity contribution is 7.18. The first-order chi connectivity index (χ1) is 17.9. The molecule has 9 nitrogen and oxygen atoms in total. The lowest BCUT2D eigenvalue weighted by Gasteiger charge is -2.44. The Morgan fingerprint density at radius 1 is 1.27 bits per heavy atom. The van der Waals surface area contributed by atoms with Crippen LogP contribution in [0.25, 0.3) is 16.3 Å². The summed E-state index contributed by atoms with van der Waals surface area (Å²) < 4.78 is 6.77. The van der Waals surface area contributed by atoms with Crippen LogP contribution in [-0.4, -0.2) is 55.0 Å². The number of tetrazole rings is 1. The van der Waals surface area contributed by atoms with Crippen LogP contribution in [0.4, 0.5) is 5.13 Å². The van der Waals surface area contributed by atoms with Crippen LogP contribution >= 0.6 is 22.9 Å². The summed E-state index contributed by atoms with van der Waals surface area (Å²) in [5, 5.41) is 22.5. The number of thiazole rings is 1. The van der Waals surface area contributed by atoms with Gasteiger partial charge in [0.25, 0.3) is 0 Å². The molecule has 1 aromatic carbocycles. The molecule has 3 aliphatic rings. The van der Waals surface area contributed by atoms with E-state index < -0.39 is 5.97 Å². The molecule has 1 aliphatic carbocycles. The molecule has 2 aliphatic heterocycles. The van der Waals surface area contributed by atoms with Crippen LogP contribution in [0.15, 0.2) is 59.5 Å². The fraction of sp³-hybridized carbons (Fsp3) is 0.346. The molecule has 0 saturated carbocycles. The van der Waals surface area contributed by atoms with Gasteiger partial charge in [-0.3, -0.25) is 4.79 Å². The zero-order valence-corrected chi connectivity index (χ0v) is 21.8. The Morgan fingerprint density at radius 2 is 2.08 bits per heavy atom. The Kier molecular flexibility index (Phi) is 6.08. The van der Waals surface area contributed by atoms with Gasteiger partial charge in [0, 0.05) is 48.5 Å². The molecule has 4 heterocycles. The number of carbonyl (C=O) groups is 1. The third-order valence-corrected chi connectivity index (χ3v) is 8.37. The SMILES string of the molecule is CC1=CCCC2=C1C(c1ccccc1Cl)=CC1(CCN(c3ncc(-c4nnn(CC(=O)O)n4)s3)CC1)O2. The van der Waals surface area contributed by atoms with Crippen LogP contribution < -0.4 is 4.90 Å². The van der Waals surface area contributed by atoms with Crippen LogP contribution in [0, 0.1) is 0 Å². The topological polar surface area (TPSA) is 106 Å². The number of carboxylic acid groups (broad SMARTS) is 1. The number of hydrogen-bond donors (Lipinski definition) is 1. The van der Waals surface area contributed by atoms with Crippen molar-refractivity contribution in [2.45, 2.75) is 44.8 Å². The van der Waals surface area contributed by atoms with E-state index in [0.717, 1.165) is 69.9 Å². The normalized spacial score (nSPS) is 18.8. The minimum atomic E-state index is -1.02. The van der Waals surface area contributed by atoms with E-state index in [4.69, 9.17) is 21.4 Å². The molecule has 0 radical (unpaired) electrons. The summed E-state index contributed by atoms with van der Waals surface area (Å²) in [4.78, 5) is 19.6. The van der Waals surface area contributed by atoms with Gasteiger partial charge in [-0.2, -0.15) is 4.80 Å². The predicted octanol–water partition coefficient (Wildman–Crippen LogP) is 4.98. The van der Waals surface area contributed by atoms with Crippen molar-refractivity contribution < 1.29 is 14.6 Å². The number of piperidine rings is 1. The van der Waals surface area contributed by atoms with Crippen LogP contribution in [0.5, 0.6) is 0 Å². The van der Waals surface area contributed by atoms with Crippen molar-refractivity contribution in [1.29, 1.82) is 0 Å². The monoisotopic (exact) mass is 536 g/mol. The number of halogens is 1. The van der Waals surface area contributed by atoms with Gasteiger partial charge >= 0.3 is 5.97 Å². The van der Waals surface area contributed by atoms with Crippen LogP contribution in [0.2, 0.25) is 5.02 Å². The van der Waals surface area contributed by atoms with Crippen molar-refractivity contribution in [2.75, 3.05) is 18.0 Å². The van der Waals surface area contributed by atoms with Gasteiger partial charge in [-0.25, -0.2) is 4.98 Å². The molecular formula is C26H25ClN6O3S. The Labute approximate surface area is 222 Å². The number of aromatic nitrogens is 5. The molecular weight excluding hydrogens is 512 g/mol. The van der Waals surface area contributed by atoms with Crippen molar-refractivity contribution in [3.05, 3.63) is 70.1 Å². The lowest BCUT2D eigenvalue weighted by Crippen LogP contribution is -2.46. The van der Waals surface area contributed by atoms with E-state index in [1.807, 2.05) is 18.2 Å². The maximum atomic E-state index is 10.9. The molecule has 0 unspecified atom stereocenters. The Hall–Kier alpha value is -3.50. The highest BCUT2D eigenvalue weighted by Gasteiger charge is 2.41. The average molecular weight is 537 g/mol. The minimum absolute atomic E-state index is 0.329. The molecule has 11 heteroatoms. The maximum Gasteiger partial charge on any atom is 0.327 e. The van der Waals surface area contributed by atoms with Crippen LogP contribution in [0.1, 0.15) is 38.2 Å². The lowest BCUT2D eigenvalue weighted by molar-refractivity contribution is -0.138. The minimum Gasteiger partial charge on any atom is -0.487 e. The van der Waals surface area contributed by atoms with Gasteiger partial charge in [-0.1, -0.05) is 47.2 Å². The molecule has 1 saturated heterocycles. The van der Waals surface area contributed by atoms with E-state index in [-0.39, 0.29) is 12.1 Å². The number of ether oxygens (including phenoxy) is 1. The molecule has 1 fully saturated rings. The number of hydrogen-bond acceptors (Lipinski definition) is 8. The molecule has 2 aromatic heterocycles. The van der Waals surface area contributed by atoms with Gasteiger partial charge < -0.3 is 14.7 Å².